The summed E-state index contributed by atoms with van der Waals surface area (Å²) in [6, 6.07) is 10.2. The maximum Gasteiger partial charge on any atom is 0.325 e. The van der Waals surface area contributed by atoms with Gasteiger partial charge in [-0.15, -0.1) is 0 Å². The molecule has 2 aliphatic rings. The number of fused-ring (bicyclic) bond motifs is 1. The van der Waals surface area contributed by atoms with E-state index in [-0.39, 0.29) is 0 Å². The van der Waals surface area contributed by atoms with Gasteiger partial charge in [0, 0.05) is 6.42 Å². The van der Waals surface area contributed by atoms with Gasteiger partial charge < -0.3 is 10.6 Å². The van der Waals surface area contributed by atoms with Crippen LogP contribution in [0.5, 0.6) is 0 Å². The topological polar surface area (TPSA) is 78.5 Å². The zero-order valence-corrected chi connectivity index (χ0v) is 14.8. The Bertz CT molecular complexity index is 974. The van der Waals surface area contributed by atoms with Crippen molar-refractivity contribution in [3.8, 4) is 0 Å². The number of aryl methyl sites for hydroxylation is 1. The SMILES string of the molecule is O=C(CN1C(=O)N[C@]2(CCc3ccccc3C2)C1=O)Nc1c(F)cccc1F. The number of carbonyl (C=O) groups is 3. The molecule has 0 saturated carbocycles. The van der Waals surface area contributed by atoms with Crippen LogP contribution in [0.2, 0.25) is 0 Å². The average molecular weight is 385 g/mol. The highest BCUT2D eigenvalue weighted by atomic mass is 19.1. The maximum absolute atomic E-state index is 13.7. The van der Waals surface area contributed by atoms with E-state index in [0.717, 1.165) is 28.2 Å². The number of benzene rings is 2. The van der Waals surface area contributed by atoms with Gasteiger partial charge in [0.15, 0.2) is 0 Å². The highest BCUT2D eigenvalue weighted by Gasteiger charge is 2.52. The molecule has 1 heterocycles. The van der Waals surface area contributed by atoms with Gasteiger partial charge in [0.05, 0.1) is 0 Å². The summed E-state index contributed by atoms with van der Waals surface area (Å²) in [4.78, 5) is 38.3. The Balaban J connectivity index is 1.50. The van der Waals surface area contributed by atoms with Gasteiger partial charge in [-0.05, 0) is 36.1 Å². The predicted molar refractivity (Wildman–Crippen MR) is 96.4 cm³/mol. The molecule has 2 aromatic rings. The highest BCUT2D eigenvalue weighted by Crippen LogP contribution is 2.33. The van der Waals surface area contributed by atoms with E-state index >= 15 is 0 Å². The Morgan fingerprint density at radius 2 is 1.75 bits per heavy atom. The fraction of sp³-hybridized carbons (Fsp3) is 0.250. The molecule has 1 spiro atoms. The molecular formula is C20H17F2N3O3. The zero-order chi connectivity index (χ0) is 19.9. The van der Waals surface area contributed by atoms with Gasteiger partial charge >= 0.3 is 6.03 Å². The quantitative estimate of drug-likeness (QED) is 0.797. The van der Waals surface area contributed by atoms with E-state index in [9.17, 15) is 23.2 Å². The smallest absolute Gasteiger partial charge is 0.323 e. The average Bonchev–Trinajstić information content (AvgIpc) is 2.89. The van der Waals surface area contributed by atoms with Crippen LogP contribution in [0.4, 0.5) is 19.3 Å². The third-order valence-electron chi connectivity index (χ3n) is 5.21. The van der Waals surface area contributed by atoms with Crippen molar-refractivity contribution in [3.63, 3.8) is 0 Å². The van der Waals surface area contributed by atoms with E-state index in [2.05, 4.69) is 10.6 Å². The molecule has 0 unspecified atom stereocenters. The van der Waals surface area contributed by atoms with E-state index in [0.29, 0.717) is 19.3 Å². The van der Waals surface area contributed by atoms with Gasteiger partial charge in [0.25, 0.3) is 5.91 Å². The molecule has 2 aromatic carbocycles. The second-order valence-electron chi connectivity index (χ2n) is 6.99. The number of hydrogen-bond donors (Lipinski definition) is 2. The molecule has 4 rings (SSSR count). The molecule has 1 aliphatic heterocycles. The Labute approximate surface area is 159 Å². The van der Waals surface area contributed by atoms with E-state index < -0.39 is 47.3 Å². The van der Waals surface area contributed by atoms with Crippen molar-refractivity contribution in [2.75, 3.05) is 11.9 Å². The fourth-order valence-electron chi connectivity index (χ4n) is 3.78. The van der Waals surface area contributed by atoms with E-state index in [1.54, 1.807) is 0 Å². The van der Waals surface area contributed by atoms with Crippen LogP contribution in [-0.2, 0) is 22.4 Å². The summed E-state index contributed by atoms with van der Waals surface area (Å²) >= 11 is 0. The summed E-state index contributed by atoms with van der Waals surface area (Å²) in [5.74, 6) is -3.24. The summed E-state index contributed by atoms with van der Waals surface area (Å²) in [6.45, 7) is -0.623. The van der Waals surface area contributed by atoms with Crippen LogP contribution in [0.25, 0.3) is 0 Å². The standard InChI is InChI=1S/C20H17F2N3O3/c21-14-6-3-7-15(22)17(14)23-16(26)11-25-18(27)20(24-19(25)28)9-8-12-4-1-2-5-13(12)10-20/h1-7H,8-11H2,(H,23,26)(H,24,28)/t20-/m0/s1. The van der Waals surface area contributed by atoms with Crippen LogP contribution in [-0.4, -0.2) is 34.8 Å². The van der Waals surface area contributed by atoms with E-state index in [1.807, 2.05) is 24.3 Å². The molecular weight excluding hydrogens is 368 g/mol. The number of carbonyl (C=O) groups excluding carboxylic acids is 3. The zero-order valence-electron chi connectivity index (χ0n) is 14.8. The number of amides is 4. The van der Waals surface area contributed by atoms with Crippen LogP contribution in [0, 0.1) is 11.6 Å². The minimum absolute atomic E-state index is 0.341. The number of para-hydroxylation sites is 1. The molecule has 8 heteroatoms. The molecule has 4 amide bonds. The molecule has 1 atom stereocenters. The number of anilines is 1. The lowest BCUT2D eigenvalue weighted by molar-refractivity contribution is -0.134. The fourth-order valence-corrected chi connectivity index (χ4v) is 3.78. The lowest BCUT2D eigenvalue weighted by atomic mass is 9.78. The predicted octanol–water partition coefficient (Wildman–Crippen LogP) is 2.38. The molecule has 1 fully saturated rings. The Kier molecular flexibility index (Phi) is 4.33. The number of nitrogens with zero attached hydrogens (tertiary/aromatic N) is 1. The first kappa shape index (κ1) is 18.1. The van der Waals surface area contributed by atoms with Gasteiger partial charge in [-0.2, -0.15) is 0 Å². The molecule has 1 saturated heterocycles. The van der Waals surface area contributed by atoms with E-state index in [4.69, 9.17) is 0 Å². The number of rotatable bonds is 3. The molecule has 28 heavy (non-hydrogen) atoms. The van der Waals surface area contributed by atoms with Crippen molar-refractivity contribution in [1.82, 2.24) is 10.2 Å². The third kappa shape index (κ3) is 3.00. The number of urea groups is 1. The van der Waals surface area contributed by atoms with Crippen LogP contribution in [0.15, 0.2) is 42.5 Å². The lowest BCUT2D eigenvalue weighted by Gasteiger charge is -2.32. The van der Waals surface area contributed by atoms with Crippen molar-refractivity contribution in [2.45, 2.75) is 24.8 Å². The number of halogens is 2. The molecule has 144 valence electrons. The van der Waals surface area contributed by atoms with Crippen LogP contribution in [0.1, 0.15) is 17.5 Å². The number of hydrogen-bond acceptors (Lipinski definition) is 3. The first-order valence-corrected chi connectivity index (χ1v) is 8.84. The van der Waals surface area contributed by atoms with Gasteiger partial charge in [0.2, 0.25) is 5.91 Å². The second-order valence-corrected chi connectivity index (χ2v) is 6.99. The van der Waals surface area contributed by atoms with Crippen molar-refractivity contribution in [3.05, 3.63) is 65.2 Å². The van der Waals surface area contributed by atoms with Gasteiger partial charge in [-0.3, -0.25) is 14.5 Å². The molecule has 1 aliphatic carbocycles. The molecule has 2 N–H and O–H groups in total. The Morgan fingerprint density at radius 1 is 1.07 bits per heavy atom. The van der Waals surface area contributed by atoms with Crippen molar-refractivity contribution >= 4 is 23.5 Å². The van der Waals surface area contributed by atoms with Crippen molar-refractivity contribution < 1.29 is 23.2 Å². The summed E-state index contributed by atoms with van der Waals surface area (Å²) in [5, 5.41) is 4.80. The Morgan fingerprint density at radius 3 is 2.46 bits per heavy atom. The summed E-state index contributed by atoms with van der Waals surface area (Å²) < 4.78 is 27.4. The molecule has 0 bridgehead atoms. The number of imide groups is 1. The molecule has 6 nitrogen and oxygen atoms in total. The summed E-state index contributed by atoms with van der Waals surface area (Å²) in [6.07, 6.45) is 1.39. The van der Waals surface area contributed by atoms with Gasteiger partial charge in [-0.1, -0.05) is 30.3 Å². The van der Waals surface area contributed by atoms with Gasteiger partial charge in [0.1, 0.15) is 29.4 Å². The monoisotopic (exact) mass is 385 g/mol. The first-order valence-electron chi connectivity index (χ1n) is 8.84. The maximum atomic E-state index is 13.7. The van der Waals surface area contributed by atoms with Crippen molar-refractivity contribution in [2.24, 2.45) is 0 Å². The summed E-state index contributed by atoms with van der Waals surface area (Å²) in [5.41, 5.74) is 0.402. The number of nitrogens with one attached hydrogen (secondary N) is 2. The minimum atomic E-state index is -1.09. The largest absolute Gasteiger partial charge is 0.325 e. The van der Waals surface area contributed by atoms with Crippen LogP contribution < -0.4 is 10.6 Å². The van der Waals surface area contributed by atoms with Gasteiger partial charge in [-0.25, -0.2) is 13.6 Å². The third-order valence-corrected chi connectivity index (χ3v) is 5.21. The molecule has 0 aromatic heterocycles. The van der Waals surface area contributed by atoms with E-state index in [1.165, 1.54) is 6.07 Å². The van der Waals surface area contributed by atoms with Crippen LogP contribution in [0.3, 0.4) is 0 Å². The second kappa shape index (κ2) is 6.70. The lowest BCUT2D eigenvalue weighted by Crippen LogP contribution is -2.51. The first-order chi connectivity index (χ1) is 13.4. The minimum Gasteiger partial charge on any atom is -0.323 e. The summed E-state index contributed by atoms with van der Waals surface area (Å²) in [7, 11) is 0. The normalized spacial score (nSPS) is 20.9. The molecule has 0 radical (unpaired) electrons. The van der Waals surface area contributed by atoms with Crippen LogP contribution >= 0.6 is 0 Å². The van der Waals surface area contributed by atoms with Crippen molar-refractivity contribution in [1.29, 1.82) is 0 Å². The highest BCUT2D eigenvalue weighted by molar-refractivity contribution is 6.10. The Hall–Kier alpha value is -3.29.